The lowest BCUT2D eigenvalue weighted by Crippen LogP contribution is -2.36. The molecule has 2 atom stereocenters. The van der Waals surface area contributed by atoms with Gasteiger partial charge in [-0.15, -0.1) is 0 Å². The highest BCUT2D eigenvalue weighted by molar-refractivity contribution is 6.31. The minimum atomic E-state index is -0.663. The maximum Gasteiger partial charge on any atom is 0.261 e. The maximum absolute atomic E-state index is 12.3. The van der Waals surface area contributed by atoms with Crippen LogP contribution in [0, 0.1) is 0 Å². The molecule has 178 valence electrons. The minimum absolute atomic E-state index is 0.231. The van der Waals surface area contributed by atoms with Crippen molar-refractivity contribution >= 4 is 35.0 Å². The fourth-order valence-corrected chi connectivity index (χ4v) is 3.40. The number of amides is 2. The third-order valence-corrected chi connectivity index (χ3v) is 5.38. The summed E-state index contributed by atoms with van der Waals surface area (Å²) < 4.78 is 11.3. The Labute approximate surface area is 209 Å². The van der Waals surface area contributed by atoms with Gasteiger partial charge >= 0.3 is 0 Å². The number of rotatable bonds is 10. The second-order valence-electron chi connectivity index (χ2n) is 7.69. The van der Waals surface area contributed by atoms with E-state index in [4.69, 9.17) is 32.7 Å². The van der Waals surface area contributed by atoms with Gasteiger partial charge in [0.05, 0.1) is 0 Å². The summed E-state index contributed by atoms with van der Waals surface area (Å²) in [6, 6.07) is 21.4. The van der Waals surface area contributed by atoms with Crippen LogP contribution >= 0.6 is 23.2 Å². The van der Waals surface area contributed by atoms with Gasteiger partial charge in [0.15, 0.2) is 12.2 Å². The lowest BCUT2D eigenvalue weighted by Gasteiger charge is -2.16. The van der Waals surface area contributed by atoms with E-state index < -0.39 is 12.2 Å². The topological polar surface area (TPSA) is 76.7 Å². The third-order valence-electron chi connectivity index (χ3n) is 4.91. The molecule has 0 bridgehead atoms. The number of ether oxygens (including phenoxy) is 2. The predicted molar refractivity (Wildman–Crippen MR) is 133 cm³/mol. The van der Waals surface area contributed by atoms with Crippen LogP contribution in [0.4, 0.5) is 0 Å². The van der Waals surface area contributed by atoms with Gasteiger partial charge in [0.1, 0.15) is 11.5 Å². The Bertz CT molecular complexity index is 1030. The Kier molecular flexibility index (Phi) is 9.19. The first kappa shape index (κ1) is 25.4. The fourth-order valence-electron chi connectivity index (χ4n) is 3.04. The first-order valence-corrected chi connectivity index (χ1v) is 11.5. The first-order chi connectivity index (χ1) is 16.3. The van der Waals surface area contributed by atoms with E-state index in [-0.39, 0.29) is 11.8 Å². The molecule has 2 amide bonds. The second kappa shape index (κ2) is 12.3. The van der Waals surface area contributed by atoms with Crippen molar-refractivity contribution in [3.63, 3.8) is 0 Å². The summed E-state index contributed by atoms with van der Waals surface area (Å²) in [4.78, 5) is 24.7. The zero-order chi connectivity index (χ0) is 24.5. The number of carbonyl (C=O) groups excluding carboxylic acids is 2. The van der Waals surface area contributed by atoms with E-state index in [2.05, 4.69) is 10.6 Å². The maximum atomic E-state index is 12.3. The number of halogens is 2. The Morgan fingerprint density at radius 3 is 1.44 bits per heavy atom. The van der Waals surface area contributed by atoms with Gasteiger partial charge in [0, 0.05) is 23.1 Å². The van der Waals surface area contributed by atoms with E-state index in [0.717, 1.165) is 11.1 Å². The largest absolute Gasteiger partial charge is 0.481 e. The Morgan fingerprint density at radius 2 is 1.09 bits per heavy atom. The summed E-state index contributed by atoms with van der Waals surface area (Å²) in [7, 11) is 0. The number of hydrogen-bond donors (Lipinski definition) is 2. The van der Waals surface area contributed by atoms with Gasteiger partial charge in [-0.2, -0.15) is 0 Å². The second-order valence-corrected chi connectivity index (χ2v) is 8.56. The molecule has 0 aliphatic heterocycles. The van der Waals surface area contributed by atoms with Crippen LogP contribution in [0.2, 0.25) is 10.0 Å². The predicted octanol–water partition coefficient (Wildman–Crippen LogP) is 5.16. The van der Waals surface area contributed by atoms with Crippen LogP contribution in [0.15, 0.2) is 72.8 Å². The number of hydrogen-bond acceptors (Lipinski definition) is 4. The molecular formula is C26H26Cl2N2O4. The van der Waals surface area contributed by atoms with Crippen LogP contribution in [-0.2, 0) is 22.7 Å². The average molecular weight is 501 g/mol. The summed E-state index contributed by atoms with van der Waals surface area (Å²) in [5, 5.41) is 6.80. The molecule has 0 saturated heterocycles. The van der Waals surface area contributed by atoms with E-state index >= 15 is 0 Å². The number of carbonyl (C=O) groups is 2. The smallest absolute Gasteiger partial charge is 0.261 e. The van der Waals surface area contributed by atoms with Gasteiger partial charge in [-0.05, 0) is 61.4 Å². The van der Waals surface area contributed by atoms with E-state index in [0.29, 0.717) is 34.6 Å². The molecule has 8 heteroatoms. The molecule has 0 fully saturated rings. The van der Waals surface area contributed by atoms with Crippen LogP contribution in [0.1, 0.15) is 25.0 Å². The lowest BCUT2D eigenvalue weighted by atomic mass is 10.1. The number of nitrogens with one attached hydrogen (secondary N) is 2. The van der Waals surface area contributed by atoms with Crippen LogP contribution in [0.5, 0.6) is 11.5 Å². The summed E-state index contributed by atoms with van der Waals surface area (Å²) in [5.74, 6) is 0.609. The molecule has 2 N–H and O–H groups in total. The summed E-state index contributed by atoms with van der Waals surface area (Å²) >= 11 is 11.9. The molecule has 34 heavy (non-hydrogen) atoms. The SMILES string of the molecule is CC(Oc1cccc(Cl)c1)C(=O)NCc1ccc(CNC(=O)C(C)Oc2cccc(Cl)c2)cc1. The summed E-state index contributed by atoms with van der Waals surface area (Å²) in [6.45, 7) is 4.08. The van der Waals surface area contributed by atoms with Gasteiger partial charge < -0.3 is 20.1 Å². The highest BCUT2D eigenvalue weighted by atomic mass is 35.5. The van der Waals surface area contributed by atoms with Crippen molar-refractivity contribution in [2.24, 2.45) is 0 Å². The molecule has 6 nitrogen and oxygen atoms in total. The van der Waals surface area contributed by atoms with Crippen molar-refractivity contribution in [1.82, 2.24) is 10.6 Å². The molecule has 0 saturated carbocycles. The van der Waals surface area contributed by atoms with Crippen LogP contribution in [0.3, 0.4) is 0 Å². The molecule has 3 rings (SSSR count). The Balaban J connectivity index is 1.41. The van der Waals surface area contributed by atoms with Crippen molar-refractivity contribution in [2.45, 2.75) is 39.1 Å². The van der Waals surface area contributed by atoms with E-state index in [1.54, 1.807) is 62.4 Å². The van der Waals surface area contributed by atoms with Crippen molar-refractivity contribution in [3.8, 4) is 11.5 Å². The number of benzene rings is 3. The van der Waals surface area contributed by atoms with Crippen molar-refractivity contribution < 1.29 is 19.1 Å². The zero-order valence-corrected chi connectivity index (χ0v) is 20.4. The van der Waals surface area contributed by atoms with Gasteiger partial charge in [-0.1, -0.05) is 59.6 Å². The van der Waals surface area contributed by atoms with Crippen molar-refractivity contribution in [3.05, 3.63) is 94.0 Å². The molecule has 0 radical (unpaired) electrons. The molecule has 0 heterocycles. The van der Waals surface area contributed by atoms with Gasteiger partial charge in [-0.25, -0.2) is 0 Å². The van der Waals surface area contributed by atoms with E-state index in [9.17, 15) is 9.59 Å². The average Bonchev–Trinajstić information content (AvgIpc) is 2.81. The fraction of sp³-hybridized carbons (Fsp3) is 0.231. The molecule has 0 aromatic heterocycles. The van der Waals surface area contributed by atoms with Gasteiger partial charge in [0.2, 0.25) is 0 Å². The molecule has 3 aromatic rings. The highest BCUT2D eigenvalue weighted by Gasteiger charge is 2.16. The van der Waals surface area contributed by atoms with Crippen molar-refractivity contribution in [2.75, 3.05) is 0 Å². The normalized spacial score (nSPS) is 12.4. The Hall–Kier alpha value is -3.22. The molecule has 2 unspecified atom stereocenters. The third kappa shape index (κ3) is 7.97. The summed E-state index contributed by atoms with van der Waals surface area (Å²) in [6.07, 6.45) is -1.33. The van der Waals surface area contributed by atoms with E-state index in [1.165, 1.54) is 0 Å². The van der Waals surface area contributed by atoms with Crippen LogP contribution in [-0.4, -0.2) is 24.0 Å². The standard InChI is InChI=1S/C26H26Cl2N2O4/c1-17(33-23-7-3-5-21(27)13-23)25(31)29-15-19-9-11-20(12-10-19)16-30-26(32)18(2)34-24-8-4-6-22(28)14-24/h3-14,17-18H,15-16H2,1-2H3,(H,29,31)(H,30,32). The molecule has 3 aromatic carbocycles. The van der Waals surface area contributed by atoms with E-state index in [1.807, 2.05) is 24.3 Å². The zero-order valence-electron chi connectivity index (χ0n) is 18.9. The Morgan fingerprint density at radius 1 is 0.706 bits per heavy atom. The monoisotopic (exact) mass is 500 g/mol. The lowest BCUT2D eigenvalue weighted by molar-refractivity contribution is -0.128. The molecular weight excluding hydrogens is 475 g/mol. The first-order valence-electron chi connectivity index (χ1n) is 10.8. The van der Waals surface area contributed by atoms with Crippen molar-refractivity contribution in [1.29, 1.82) is 0 Å². The van der Waals surface area contributed by atoms with Crippen LogP contribution < -0.4 is 20.1 Å². The highest BCUT2D eigenvalue weighted by Crippen LogP contribution is 2.19. The van der Waals surface area contributed by atoms with Gasteiger partial charge in [0.25, 0.3) is 11.8 Å². The molecule has 0 spiro atoms. The quantitative estimate of drug-likeness (QED) is 0.403. The van der Waals surface area contributed by atoms with Crippen LogP contribution in [0.25, 0.3) is 0 Å². The molecule has 0 aliphatic rings. The van der Waals surface area contributed by atoms with Gasteiger partial charge in [-0.3, -0.25) is 9.59 Å². The minimum Gasteiger partial charge on any atom is -0.481 e. The summed E-state index contributed by atoms with van der Waals surface area (Å²) in [5.41, 5.74) is 1.85. The molecule has 0 aliphatic carbocycles.